The number of furan rings is 1. The third-order valence-electron chi connectivity index (χ3n) is 4.94. The standard InChI is InChI=1S/C24H19N5O4S/c30-34(31,19-12-5-2-6-13-19)28-26-23(22-16-9-17-32-22)24(33-18-10-3-1-4-11-18)29-21-15-8-7-14-20(21)25-27-29/h1-17,24,28H/b26-23+. The number of aromatic nitrogens is 3. The second-order valence-electron chi connectivity index (χ2n) is 7.19. The molecule has 0 amide bonds. The summed E-state index contributed by atoms with van der Waals surface area (Å²) >= 11 is 0. The van der Waals surface area contributed by atoms with Crippen LogP contribution in [0.25, 0.3) is 11.0 Å². The van der Waals surface area contributed by atoms with Gasteiger partial charge in [0, 0.05) is 0 Å². The first-order valence-corrected chi connectivity index (χ1v) is 11.8. The molecule has 0 saturated heterocycles. The van der Waals surface area contributed by atoms with E-state index in [-0.39, 0.29) is 10.6 Å². The quantitative estimate of drug-likeness (QED) is 0.269. The minimum atomic E-state index is -3.94. The van der Waals surface area contributed by atoms with Gasteiger partial charge in [-0.15, -0.1) is 5.10 Å². The van der Waals surface area contributed by atoms with Crippen LogP contribution in [0, 0.1) is 0 Å². The molecule has 5 aromatic rings. The highest BCUT2D eigenvalue weighted by Gasteiger charge is 2.28. The van der Waals surface area contributed by atoms with Gasteiger partial charge in [0.25, 0.3) is 10.0 Å². The zero-order chi connectivity index (χ0) is 23.4. The van der Waals surface area contributed by atoms with Crippen LogP contribution in [-0.2, 0) is 10.0 Å². The maximum atomic E-state index is 12.9. The van der Waals surface area contributed by atoms with Crippen molar-refractivity contribution < 1.29 is 17.6 Å². The first-order chi connectivity index (χ1) is 16.6. The van der Waals surface area contributed by atoms with Crippen LogP contribution < -0.4 is 9.57 Å². The molecular formula is C24H19N5O4S. The lowest BCUT2D eigenvalue weighted by Gasteiger charge is -2.20. The molecule has 2 heterocycles. The summed E-state index contributed by atoms with van der Waals surface area (Å²) < 4.78 is 39.1. The van der Waals surface area contributed by atoms with Crippen LogP contribution in [0.3, 0.4) is 0 Å². The second kappa shape index (κ2) is 9.20. The summed E-state index contributed by atoms with van der Waals surface area (Å²) in [6, 6.07) is 27.7. The number of hydrogen-bond acceptors (Lipinski definition) is 7. The Labute approximate surface area is 195 Å². The topological polar surface area (TPSA) is 112 Å². The van der Waals surface area contributed by atoms with Crippen LogP contribution in [0.5, 0.6) is 5.75 Å². The van der Waals surface area contributed by atoms with Gasteiger partial charge in [-0.25, -0.2) is 0 Å². The molecule has 9 nitrogen and oxygen atoms in total. The largest absolute Gasteiger partial charge is 0.463 e. The van der Waals surface area contributed by atoms with Gasteiger partial charge in [0.05, 0.1) is 16.7 Å². The molecule has 0 radical (unpaired) electrons. The van der Waals surface area contributed by atoms with E-state index in [4.69, 9.17) is 9.15 Å². The molecule has 0 fully saturated rings. The number of hydrazone groups is 1. The Balaban J connectivity index is 1.63. The molecule has 10 heteroatoms. The van der Waals surface area contributed by atoms with Crippen molar-refractivity contribution in [1.82, 2.24) is 19.8 Å². The molecule has 2 aromatic heterocycles. The molecule has 1 atom stereocenters. The Morgan fingerprint density at radius 2 is 1.62 bits per heavy atom. The molecule has 170 valence electrons. The van der Waals surface area contributed by atoms with Gasteiger partial charge in [-0.1, -0.05) is 53.7 Å². The summed E-state index contributed by atoms with van der Waals surface area (Å²) in [5, 5.41) is 12.7. The number of hydrogen-bond donors (Lipinski definition) is 1. The number of ether oxygens (including phenoxy) is 1. The number of nitrogens with zero attached hydrogens (tertiary/aromatic N) is 4. The van der Waals surface area contributed by atoms with Crippen molar-refractivity contribution in [3.63, 3.8) is 0 Å². The average molecular weight is 474 g/mol. The van der Waals surface area contributed by atoms with Crippen LogP contribution >= 0.6 is 0 Å². The normalized spacial score (nSPS) is 13.0. The van der Waals surface area contributed by atoms with Crippen molar-refractivity contribution in [3.8, 4) is 5.75 Å². The van der Waals surface area contributed by atoms with Crippen molar-refractivity contribution >= 4 is 26.8 Å². The SMILES string of the molecule is O=S(=O)(N/N=C(\c1ccco1)C(Oc1ccccc1)n1nnc2ccccc21)c1ccccc1. The predicted octanol–water partition coefficient (Wildman–Crippen LogP) is 3.98. The lowest BCUT2D eigenvalue weighted by Crippen LogP contribution is -2.30. The fourth-order valence-corrected chi connectivity index (χ4v) is 4.17. The van der Waals surface area contributed by atoms with Gasteiger partial charge in [-0.3, -0.25) is 0 Å². The zero-order valence-corrected chi connectivity index (χ0v) is 18.5. The minimum absolute atomic E-state index is 0.0734. The highest BCUT2D eigenvalue weighted by molar-refractivity contribution is 7.89. The number of nitrogens with one attached hydrogen (secondary N) is 1. The van der Waals surface area contributed by atoms with Gasteiger partial charge in [-0.2, -0.15) is 23.0 Å². The van der Waals surface area contributed by atoms with Gasteiger partial charge in [0.15, 0.2) is 11.5 Å². The minimum Gasteiger partial charge on any atom is -0.463 e. The van der Waals surface area contributed by atoms with E-state index >= 15 is 0 Å². The monoisotopic (exact) mass is 473 g/mol. The number of sulfonamides is 1. The van der Waals surface area contributed by atoms with E-state index in [1.165, 1.54) is 23.1 Å². The summed E-state index contributed by atoms with van der Waals surface area (Å²) in [4.78, 5) is 2.37. The molecule has 34 heavy (non-hydrogen) atoms. The van der Waals surface area contributed by atoms with Gasteiger partial charge in [0.1, 0.15) is 11.3 Å². The molecule has 0 spiro atoms. The number of para-hydroxylation sites is 2. The van der Waals surface area contributed by atoms with Gasteiger partial charge in [0.2, 0.25) is 6.23 Å². The molecule has 5 rings (SSSR count). The molecule has 3 aromatic carbocycles. The molecule has 0 aliphatic carbocycles. The fourth-order valence-electron chi connectivity index (χ4n) is 3.33. The summed E-state index contributed by atoms with van der Waals surface area (Å²) in [7, 11) is -3.94. The summed E-state index contributed by atoms with van der Waals surface area (Å²) in [6.45, 7) is 0. The number of benzene rings is 3. The van der Waals surface area contributed by atoms with E-state index in [9.17, 15) is 8.42 Å². The lowest BCUT2D eigenvalue weighted by atomic mass is 10.2. The van der Waals surface area contributed by atoms with E-state index in [2.05, 4.69) is 20.2 Å². The molecule has 1 N–H and O–H groups in total. The lowest BCUT2D eigenvalue weighted by molar-refractivity contribution is 0.187. The predicted molar refractivity (Wildman–Crippen MR) is 126 cm³/mol. The third kappa shape index (κ3) is 4.39. The van der Waals surface area contributed by atoms with Gasteiger partial charge < -0.3 is 9.15 Å². The van der Waals surface area contributed by atoms with Crippen molar-refractivity contribution in [2.24, 2.45) is 5.10 Å². The van der Waals surface area contributed by atoms with Gasteiger partial charge in [-0.05, 0) is 48.5 Å². The van der Waals surface area contributed by atoms with Crippen molar-refractivity contribution in [1.29, 1.82) is 0 Å². The Bertz CT molecular complexity index is 1520. The fraction of sp³-hybridized carbons (Fsp3) is 0.0417. The second-order valence-corrected chi connectivity index (χ2v) is 8.85. The molecule has 0 aliphatic rings. The van der Waals surface area contributed by atoms with E-state index in [1.54, 1.807) is 42.5 Å². The molecule has 0 bridgehead atoms. The Morgan fingerprint density at radius 1 is 0.912 bits per heavy atom. The van der Waals surface area contributed by atoms with Gasteiger partial charge >= 0.3 is 0 Å². The van der Waals surface area contributed by atoms with Crippen molar-refractivity contribution in [3.05, 3.63) is 109 Å². The summed E-state index contributed by atoms with van der Waals surface area (Å²) in [5.41, 5.74) is 1.48. The Hall–Kier alpha value is -4.44. The molecule has 0 saturated carbocycles. The first-order valence-electron chi connectivity index (χ1n) is 10.3. The maximum absolute atomic E-state index is 12.9. The highest BCUT2D eigenvalue weighted by Crippen LogP contribution is 2.25. The molecule has 1 unspecified atom stereocenters. The van der Waals surface area contributed by atoms with Crippen LogP contribution in [0.15, 0.2) is 118 Å². The first kappa shape index (κ1) is 21.4. The van der Waals surface area contributed by atoms with Crippen LogP contribution in [0.1, 0.15) is 12.0 Å². The van der Waals surface area contributed by atoms with E-state index < -0.39 is 16.3 Å². The summed E-state index contributed by atoms with van der Waals surface area (Å²) in [5.74, 6) is 0.827. The Kier molecular flexibility index (Phi) is 5.79. The highest BCUT2D eigenvalue weighted by atomic mass is 32.2. The zero-order valence-electron chi connectivity index (χ0n) is 17.7. The number of rotatable bonds is 8. The molecule has 0 aliphatic heterocycles. The number of fused-ring (bicyclic) bond motifs is 1. The average Bonchev–Trinajstić information content (AvgIpc) is 3.55. The van der Waals surface area contributed by atoms with Crippen molar-refractivity contribution in [2.75, 3.05) is 0 Å². The third-order valence-corrected chi connectivity index (χ3v) is 6.16. The van der Waals surface area contributed by atoms with Crippen LogP contribution in [0.4, 0.5) is 0 Å². The Morgan fingerprint density at radius 3 is 2.35 bits per heavy atom. The van der Waals surface area contributed by atoms with E-state index in [0.29, 0.717) is 22.5 Å². The smallest absolute Gasteiger partial charge is 0.276 e. The van der Waals surface area contributed by atoms with Crippen molar-refractivity contribution in [2.45, 2.75) is 11.1 Å². The molecular weight excluding hydrogens is 454 g/mol. The van der Waals surface area contributed by atoms with Crippen LogP contribution in [-0.4, -0.2) is 29.1 Å². The summed E-state index contributed by atoms with van der Waals surface area (Å²) in [6.07, 6.45) is 0.467. The maximum Gasteiger partial charge on any atom is 0.276 e. The van der Waals surface area contributed by atoms with E-state index in [1.807, 2.05) is 42.5 Å². The van der Waals surface area contributed by atoms with Crippen LogP contribution in [0.2, 0.25) is 0 Å². The van der Waals surface area contributed by atoms with E-state index in [0.717, 1.165) is 0 Å².